The Morgan fingerprint density at radius 2 is 1.87 bits per heavy atom. The molecule has 0 unspecified atom stereocenters. The molecule has 156 valence electrons. The maximum atomic E-state index is 10.9. The van der Waals surface area contributed by atoms with E-state index in [9.17, 15) is 23.6 Å². The number of pyridine rings is 1. The Hall–Kier alpha value is -1.12. The fraction of sp³-hybridized carbons (Fsp3) is 0.353. The van der Waals surface area contributed by atoms with Crippen molar-refractivity contribution in [1.82, 2.24) is 4.98 Å². The van der Waals surface area contributed by atoms with Gasteiger partial charge in [0, 0.05) is 30.9 Å². The SMILES string of the molecule is CCCN(CCCS(=O)(=O)O)c1ccc(N=Nc2ccc([N+](=O)[O-])cn2)c(O)c1.[Na+].[Na+]. The molecule has 1 aromatic heterocycles. The average molecular weight is 469 g/mol. The van der Waals surface area contributed by atoms with Gasteiger partial charge in [0.1, 0.15) is 17.6 Å². The average Bonchev–Trinajstić information content (AvgIpc) is 2.65. The van der Waals surface area contributed by atoms with E-state index >= 15 is 0 Å². The molecule has 1 heterocycles. The normalized spacial score (nSPS) is 10.9. The van der Waals surface area contributed by atoms with Gasteiger partial charge < -0.3 is 10.0 Å². The number of benzene rings is 1. The number of hydrogen-bond donors (Lipinski definition) is 2. The molecule has 31 heavy (non-hydrogen) atoms. The molecule has 0 aliphatic heterocycles. The molecule has 0 aliphatic rings. The van der Waals surface area contributed by atoms with Crippen LogP contribution in [0.1, 0.15) is 19.8 Å². The molecule has 0 atom stereocenters. The first-order chi connectivity index (χ1) is 13.7. The van der Waals surface area contributed by atoms with Crippen LogP contribution in [0.25, 0.3) is 0 Å². The Balaban J connectivity index is 0.00000450. The molecule has 0 saturated heterocycles. The molecule has 1 aromatic carbocycles. The Labute approximate surface area is 224 Å². The van der Waals surface area contributed by atoms with Gasteiger partial charge in [-0.3, -0.25) is 14.7 Å². The second kappa shape index (κ2) is 14.1. The number of rotatable bonds is 10. The molecule has 0 fully saturated rings. The summed E-state index contributed by atoms with van der Waals surface area (Å²) in [7, 11) is -4.02. The van der Waals surface area contributed by atoms with Crippen molar-refractivity contribution >= 4 is 33.0 Å². The monoisotopic (exact) mass is 469 g/mol. The Morgan fingerprint density at radius 1 is 1.16 bits per heavy atom. The van der Waals surface area contributed by atoms with Gasteiger partial charge in [-0.15, -0.1) is 10.2 Å². The number of aromatic nitrogens is 1. The molecule has 0 bridgehead atoms. The van der Waals surface area contributed by atoms with Crippen LogP contribution < -0.4 is 64.0 Å². The van der Waals surface area contributed by atoms with E-state index in [0.29, 0.717) is 18.8 Å². The second-order valence-electron chi connectivity index (χ2n) is 6.13. The standard InChI is InChI=1S/C17H21N5O6S.2Na/c1-2-8-21(9-3-10-29(26,27)28)13-4-6-15(16(23)11-13)19-20-17-7-5-14(12-18-17)22(24)25;;/h4-7,11-12,23H,2-3,8-10H2,1H3,(H,26,27,28);;/q;2*+1. The first-order valence-corrected chi connectivity index (χ1v) is 10.4. The van der Waals surface area contributed by atoms with Crippen LogP contribution in [0.5, 0.6) is 5.75 Å². The summed E-state index contributed by atoms with van der Waals surface area (Å²) in [4.78, 5) is 15.7. The maximum absolute atomic E-state index is 10.9. The summed E-state index contributed by atoms with van der Waals surface area (Å²) in [5, 5.41) is 28.6. The zero-order chi connectivity index (χ0) is 21.4. The minimum absolute atomic E-state index is 0. The summed E-state index contributed by atoms with van der Waals surface area (Å²) in [5.74, 6) is -0.325. The van der Waals surface area contributed by atoms with E-state index in [1.165, 1.54) is 18.2 Å². The minimum Gasteiger partial charge on any atom is -0.506 e. The van der Waals surface area contributed by atoms with Gasteiger partial charge in [-0.2, -0.15) is 8.42 Å². The van der Waals surface area contributed by atoms with E-state index in [2.05, 4.69) is 15.2 Å². The van der Waals surface area contributed by atoms with Crippen molar-refractivity contribution in [2.45, 2.75) is 19.8 Å². The molecule has 2 rings (SSSR count). The predicted molar refractivity (Wildman–Crippen MR) is 107 cm³/mol. The van der Waals surface area contributed by atoms with Gasteiger partial charge in [0.25, 0.3) is 15.8 Å². The molecule has 0 spiro atoms. The van der Waals surface area contributed by atoms with E-state index in [-0.39, 0.29) is 94.2 Å². The number of nitrogens with zero attached hydrogens (tertiary/aromatic N) is 5. The minimum atomic E-state index is -4.02. The van der Waals surface area contributed by atoms with Crippen molar-refractivity contribution in [2.75, 3.05) is 23.7 Å². The van der Waals surface area contributed by atoms with E-state index in [1.54, 1.807) is 12.1 Å². The van der Waals surface area contributed by atoms with Crippen molar-refractivity contribution in [3.05, 3.63) is 46.6 Å². The Morgan fingerprint density at radius 3 is 2.39 bits per heavy atom. The summed E-state index contributed by atoms with van der Waals surface area (Å²) in [6, 6.07) is 7.33. The maximum Gasteiger partial charge on any atom is 1.00 e. The van der Waals surface area contributed by atoms with Gasteiger partial charge in [0.2, 0.25) is 0 Å². The molecule has 14 heteroatoms. The smallest absolute Gasteiger partial charge is 0.506 e. The molecule has 0 amide bonds. The van der Waals surface area contributed by atoms with Crippen LogP contribution in [0, 0.1) is 10.1 Å². The molecular weight excluding hydrogens is 448 g/mol. The van der Waals surface area contributed by atoms with Crippen molar-refractivity contribution < 1.29 is 82.1 Å². The van der Waals surface area contributed by atoms with Gasteiger partial charge in [-0.1, -0.05) is 6.92 Å². The van der Waals surface area contributed by atoms with E-state index in [4.69, 9.17) is 4.55 Å². The van der Waals surface area contributed by atoms with Crippen molar-refractivity contribution in [3.63, 3.8) is 0 Å². The van der Waals surface area contributed by atoms with Crippen LogP contribution in [0.3, 0.4) is 0 Å². The fourth-order valence-corrected chi connectivity index (χ4v) is 3.02. The van der Waals surface area contributed by atoms with Gasteiger partial charge in [-0.25, -0.2) is 4.98 Å². The Bertz CT molecular complexity index is 989. The van der Waals surface area contributed by atoms with Crippen LogP contribution in [-0.2, 0) is 10.1 Å². The summed E-state index contributed by atoms with van der Waals surface area (Å²) in [6.45, 7) is 2.99. The van der Waals surface area contributed by atoms with Crippen molar-refractivity contribution in [2.24, 2.45) is 10.2 Å². The number of phenolic OH excluding ortho intramolecular Hbond substituents is 1. The fourth-order valence-electron chi connectivity index (χ4n) is 2.52. The first-order valence-electron chi connectivity index (χ1n) is 8.75. The van der Waals surface area contributed by atoms with Gasteiger partial charge in [-0.05, 0) is 31.0 Å². The van der Waals surface area contributed by atoms with Crippen molar-refractivity contribution in [1.29, 1.82) is 0 Å². The zero-order valence-electron chi connectivity index (χ0n) is 17.7. The number of anilines is 1. The molecule has 11 nitrogen and oxygen atoms in total. The number of azo groups is 1. The number of nitro groups is 1. The van der Waals surface area contributed by atoms with Crippen LogP contribution in [0.15, 0.2) is 46.8 Å². The van der Waals surface area contributed by atoms with E-state index in [1.807, 2.05) is 11.8 Å². The van der Waals surface area contributed by atoms with Gasteiger partial charge in [0.15, 0.2) is 5.82 Å². The van der Waals surface area contributed by atoms with Crippen LogP contribution in [0.2, 0.25) is 0 Å². The van der Waals surface area contributed by atoms with Gasteiger partial charge >= 0.3 is 59.1 Å². The number of aromatic hydroxyl groups is 1. The molecule has 0 aliphatic carbocycles. The van der Waals surface area contributed by atoms with Crippen molar-refractivity contribution in [3.8, 4) is 5.75 Å². The van der Waals surface area contributed by atoms with E-state index in [0.717, 1.165) is 12.6 Å². The third kappa shape index (κ3) is 10.4. The third-order valence-electron chi connectivity index (χ3n) is 3.85. The second-order valence-corrected chi connectivity index (χ2v) is 7.70. The number of hydrogen-bond acceptors (Lipinski definition) is 9. The van der Waals surface area contributed by atoms with Crippen LogP contribution >= 0.6 is 0 Å². The van der Waals surface area contributed by atoms with Crippen LogP contribution in [-0.4, -0.2) is 46.8 Å². The molecule has 2 N–H and O–H groups in total. The number of phenols is 1. The van der Waals surface area contributed by atoms with E-state index < -0.39 is 15.0 Å². The van der Waals surface area contributed by atoms with Gasteiger partial charge in [0.05, 0.1) is 10.7 Å². The zero-order valence-corrected chi connectivity index (χ0v) is 22.5. The summed E-state index contributed by atoms with van der Waals surface area (Å²) >= 11 is 0. The predicted octanol–water partition coefficient (Wildman–Crippen LogP) is -2.39. The summed E-state index contributed by atoms with van der Waals surface area (Å²) in [5.41, 5.74) is 0.691. The summed E-state index contributed by atoms with van der Waals surface area (Å²) < 4.78 is 30.6. The Kier molecular flexibility index (Phi) is 13.6. The molecular formula is C17H21N5Na2O6S+2. The topological polar surface area (TPSA) is 159 Å². The molecule has 0 radical (unpaired) electrons. The van der Waals surface area contributed by atoms with Crippen LogP contribution in [0.4, 0.5) is 22.9 Å². The molecule has 0 saturated carbocycles. The third-order valence-corrected chi connectivity index (χ3v) is 4.66. The largest absolute Gasteiger partial charge is 1.00 e. The quantitative estimate of drug-likeness (QED) is 0.128. The summed E-state index contributed by atoms with van der Waals surface area (Å²) in [6.07, 6.45) is 2.11. The molecule has 2 aromatic rings. The first kappa shape index (κ1) is 29.9.